The molecular weight excluding hydrogens is 261 g/mol. The maximum absolute atomic E-state index is 12.5. The van der Waals surface area contributed by atoms with Crippen LogP contribution in [0.2, 0.25) is 0 Å². The monoisotopic (exact) mass is 277 g/mol. The molecule has 0 radical (unpaired) electrons. The highest BCUT2D eigenvalue weighted by Gasteiger charge is 2.56. The van der Waals surface area contributed by atoms with Crippen molar-refractivity contribution in [2.45, 2.75) is 51.3 Å². The highest BCUT2D eigenvalue weighted by Crippen LogP contribution is 2.38. The Balaban J connectivity index is 3.92. The average Bonchev–Trinajstić information content (AvgIpc) is 2.07. The van der Waals surface area contributed by atoms with Crippen molar-refractivity contribution in [3.63, 3.8) is 0 Å². The second-order valence-corrected chi connectivity index (χ2v) is 4.73. The Morgan fingerprint density at radius 3 is 2.00 bits per heavy atom. The van der Waals surface area contributed by atoms with Gasteiger partial charge in [-0.15, -0.1) is 0 Å². The quantitative estimate of drug-likeness (QED) is 0.631. The number of amides is 1. The Morgan fingerprint density at radius 1 is 1.11 bits per heavy atom. The van der Waals surface area contributed by atoms with Crippen LogP contribution in [0.4, 0.5) is 26.7 Å². The van der Waals surface area contributed by atoms with Gasteiger partial charge in [-0.1, -0.05) is 0 Å². The molecule has 1 N–H and O–H groups in total. The molecule has 18 heavy (non-hydrogen) atoms. The van der Waals surface area contributed by atoms with Gasteiger partial charge >= 0.3 is 18.2 Å². The van der Waals surface area contributed by atoms with Gasteiger partial charge in [-0.3, -0.25) is 0 Å². The summed E-state index contributed by atoms with van der Waals surface area (Å²) in [5, 5.41) is 2.10. The minimum absolute atomic E-state index is 0.305. The van der Waals surface area contributed by atoms with Gasteiger partial charge in [-0.25, -0.2) is 4.79 Å². The van der Waals surface area contributed by atoms with Crippen LogP contribution in [0.5, 0.6) is 0 Å². The molecule has 0 aromatic rings. The first kappa shape index (κ1) is 16.9. The first-order chi connectivity index (χ1) is 7.85. The maximum Gasteiger partial charge on any atom is 0.453 e. The van der Waals surface area contributed by atoms with E-state index in [1.165, 1.54) is 0 Å². The van der Waals surface area contributed by atoms with Crippen molar-refractivity contribution in [1.29, 1.82) is 0 Å². The fourth-order valence-electron chi connectivity index (χ4n) is 0.957. The highest BCUT2D eigenvalue weighted by atomic mass is 19.4. The van der Waals surface area contributed by atoms with Gasteiger partial charge < -0.3 is 10.1 Å². The van der Waals surface area contributed by atoms with Crippen LogP contribution in [-0.4, -0.2) is 30.3 Å². The predicted molar refractivity (Wildman–Crippen MR) is 54.5 cm³/mol. The largest absolute Gasteiger partial charge is 0.453 e. The molecule has 0 spiro atoms. The van der Waals surface area contributed by atoms with E-state index in [4.69, 9.17) is 4.74 Å². The summed E-state index contributed by atoms with van der Waals surface area (Å²) in [7, 11) is 0. The fourth-order valence-corrected chi connectivity index (χ4v) is 0.957. The summed E-state index contributed by atoms with van der Waals surface area (Å²) in [6, 6.07) is 0. The van der Waals surface area contributed by atoms with Gasteiger partial charge in [0.2, 0.25) is 0 Å². The topological polar surface area (TPSA) is 38.3 Å². The van der Waals surface area contributed by atoms with Crippen molar-refractivity contribution in [2.24, 2.45) is 0 Å². The minimum atomic E-state index is -5.56. The summed E-state index contributed by atoms with van der Waals surface area (Å²) in [6.07, 6.45) is -8.27. The molecule has 0 aliphatic heterocycles. The number of carbonyl (C=O) groups is 1. The van der Waals surface area contributed by atoms with Gasteiger partial charge in [-0.2, -0.15) is 22.0 Å². The molecule has 0 bridgehead atoms. The molecule has 0 unspecified atom stereocenters. The van der Waals surface area contributed by atoms with Crippen LogP contribution >= 0.6 is 0 Å². The van der Waals surface area contributed by atoms with Gasteiger partial charge in [0.25, 0.3) is 0 Å². The number of hydrogen-bond donors (Lipinski definition) is 1. The normalized spacial score (nSPS) is 13.3. The Morgan fingerprint density at radius 2 is 1.61 bits per heavy atom. The van der Waals surface area contributed by atoms with Gasteiger partial charge in [0.15, 0.2) is 0 Å². The Labute approximate surface area is 102 Å². The predicted octanol–water partition coefficient (Wildman–Crippen LogP) is 3.49. The average molecular weight is 277 g/mol. The standard InChI is InChI=1S/C10H16F5NO2/c1-8(2,3)18-7(17)16-6-4-5-9(11,12)10(13,14)15/h4-6H2,1-3H3,(H,16,17). The van der Waals surface area contributed by atoms with Crippen LogP contribution in [0.15, 0.2) is 0 Å². The van der Waals surface area contributed by atoms with Crippen molar-refractivity contribution in [3.05, 3.63) is 0 Å². The van der Waals surface area contributed by atoms with Crippen LogP contribution in [0, 0.1) is 0 Å². The van der Waals surface area contributed by atoms with Crippen molar-refractivity contribution >= 4 is 6.09 Å². The molecule has 0 aromatic heterocycles. The first-order valence-corrected chi connectivity index (χ1v) is 5.26. The van der Waals surface area contributed by atoms with E-state index in [2.05, 4.69) is 5.32 Å². The summed E-state index contributed by atoms with van der Waals surface area (Å²) in [5.74, 6) is -4.73. The van der Waals surface area contributed by atoms with E-state index in [0.29, 0.717) is 0 Å². The van der Waals surface area contributed by atoms with E-state index in [1.54, 1.807) is 20.8 Å². The molecule has 0 fully saturated rings. The lowest BCUT2D eigenvalue weighted by Gasteiger charge is -2.21. The van der Waals surface area contributed by atoms with Gasteiger partial charge in [-0.05, 0) is 27.2 Å². The zero-order valence-corrected chi connectivity index (χ0v) is 10.3. The van der Waals surface area contributed by atoms with E-state index < -0.39 is 36.6 Å². The van der Waals surface area contributed by atoms with E-state index in [0.717, 1.165) is 0 Å². The second kappa shape index (κ2) is 5.71. The van der Waals surface area contributed by atoms with E-state index >= 15 is 0 Å². The van der Waals surface area contributed by atoms with Gasteiger partial charge in [0.1, 0.15) is 5.60 Å². The molecular formula is C10H16F5NO2. The zero-order valence-electron chi connectivity index (χ0n) is 10.3. The summed E-state index contributed by atoms with van der Waals surface area (Å²) in [4.78, 5) is 11.0. The lowest BCUT2D eigenvalue weighted by atomic mass is 10.2. The number of carbonyl (C=O) groups excluding carboxylic acids is 1. The van der Waals surface area contributed by atoms with E-state index in [-0.39, 0.29) is 6.54 Å². The summed E-state index contributed by atoms with van der Waals surface area (Å²) in [6.45, 7) is 4.50. The lowest BCUT2D eigenvalue weighted by molar-refractivity contribution is -0.284. The van der Waals surface area contributed by atoms with Crippen molar-refractivity contribution in [2.75, 3.05) is 6.54 Å². The molecule has 0 rings (SSSR count). The van der Waals surface area contributed by atoms with E-state index in [1.807, 2.05) is 0 Å². The molecule has 0 atom stereocenters. The molecule has 108 valence electrons. The Hall–Kier alpha value is -1.08. The molecule has 0 aromatic carbocycles. The highest BCUT2D eigenvalue weighted by molar-refractivity contribution is 5.67. The third-order valence-electron chi connectivity index (χ3n) is 1.75. The maximum atomic E-state index is 12.5. The second-order valence-electron chi connectivity index (χ2n) is 4.73. The summed E-state index contributed by atoms with van der Waals surface area (Å²) < 4.78 is 65.0. The smallest absolute Gasteiger partial charge is 0.444 e. The zero-order chi connectivity index (χ0) is 14.6. The number of nitrogens with one attached hydrogen (secondary N) is 1. The van der Waals surface area contributed by atoms with Crippen molar-refractivity contribution in [3.8, 4) is 0 Å². The molecule has 0 aliphatic rings. The number of ether oxygens (including phenoxy) is 1. The number of alkyl carbamates (subject to hydrolysis) is 1. The van der Waals surface area contributed by atoms with E-state index in [9.17, 15) is 26.7 Å². The molecule has 0 heterocycles. The van der Waals surface area contributed by atoms with Gasteiger partial charge in [0, 0.05) is 13.0 Å². The molecule has 8 heteroatoms. The van der Waals surface area contributed by atoms with Crippen molar-refractivity contribution in [1.82, 2.24) is 5.32 Å². The summed E-state index contributed by atoms with van der Waals surface area (Å²) in [5.41, 5.74) is -0.750. The number of halogens is 5. The minimum Gasteiger partial charge on any atom is -0.444 e. The van der Waals surface area contributed by atoms with Crippen LogP contribution in [0.3, 0.4) is 0 Å². The first-order valence-electron chi connectivity index (χ1n) is 5.26. The SMILES string of the molecule is CC(C)(C)OC(=O)NCCCC(F)(F)C(F)(F)F. The van der Waals surface area contributed by atoms with Crippen LogP contribution in [0.25, 0.3) is 0 Å². The number of hydrogen-bond acceptors (Lipinski definition) is 2. The van der Waals surface area contributed by atoms with Crippen LogP contribution in [-0.2, 0) is 4.74 Å². The third-order valence-corrected chi connectivity index (χ3v) is 1.75. The van der Waals surface area contributed by atoms with Gasteiger partial charge in [0.05, 0.1) is 0 Å². The molecule has 0 saturated carbocycles. The summed E-state index contributed by atoms with van der Waals surface area (Å²) >= 11 is 0. The molecule has 0 saturated heterocycles. The third kappa shape index (κ3) is 6.61. The molecule has 3 nitrogen and oxygen atoms in total. The molecule has 1 amide bonds. The number of alkyl halides is 5. The van der Waals surface area contributed by atoms with Crippen LogP contribution in [0.1, 0.15) is 33.6 Å². The number of rotatable bonds is 4. The Kier molecular flexibility index (Phi) is 5.36. The fraction of sp³-hybridized carbons (Fsp3) is 0.900. The Bertz CT molecular complexity index is 283. The molecule has 0 aliphatic carbocycles. The van der Waals surface area contributed by atoms with Crippen molar-refractivity contribution < 1.29 is 31.5 Å². The lowest BCUT2D eigenvalue weighted by Crippen LogP contribution is -2.38. The van der Waals surface area contributed by atoms with Crippen LogP contribution < -0.4 is 5.32 Å².